The molecule has 2 aliphatic rings. The van der Waals surface area contributed by atoms with E-state index in [2.05, 4.69) is 4.98 Å². The minimum atomic E-state index is -0.688. The molecule has 0 bridgehead atoms. The molecule has 2 N–H and O–H groups in total. The van der Waals surface area contributed by atoms with Crippen molar-refractivity contribution < 1.29 is 28.2 Å². The lowest BCUT2D eigenvalue weighted by atomic mass is 10.0. The number of nitrogens with zero attached hydrogens (tertiary/aromatic N) is 3. The van der Waals surface area contributed by atoms with E-state index in [-0.39, 0.29) is 12.1 Å². The fourth-order valence-corrected chi connectivity index (χ4v) is 3.35. The van der Waals surface area contributed by atoms with Crippen LogP contribution in [-0.4, -0.2) is 48.9 Å². The molecule has 0 spiro atoms. The molecule has 2 fully saturated rings. The maximum absolute atomic E-state index is 14.8. The summed E-state index contributed by atoms with van der Waals surface area (Å²) in [4.78, 5) is 42.0. The zero-order valence-corrected chi connectivity index (χ0v) is 16.1. The number of hydrogen-bond donors (Lipinski definition) is 1. The summed E-state index contributed by atoms with van der Waals surface area (Å²) in [5, 5.41) is 0. The first-order valence-electron chi connectivity index (χ1n) is 9.33. The molecule has 156 valence electrons. The summed E-state index contributed by atoms with van der Waals surface area (Å²) >= 11 is 0. The molecule has 30 heavy (non-hydrogen) atoms. The molecule has 3 amide bonds. The van der Waals surface area contributed by atoms with Crippen molar-refractivity contribution >= 4 is 29.6 Å². The first-order valence-corrected chi connectivity index (χ1v) is 9.33. The highest BCUT2D eigenvalue weighted by Crippen LogP contribution is 2.30. The van der Waals surface area contributed by atoms with Crippen LogP contribution in [0.15, 0.2) is 36.5 Å². The Labute approximate surface area is 171 Å². The lowest BCUT2D eigenvalue weighted by Crippen LogP contribution is -2.34. The molecule has 2 atom stereocenters. The van der Waals surface area contributed by atoms with E-state index < -0.39 is 35.9 Å². The second-order valence-electron chi connectivity index (χ2n) is 7.06. The quantitative estimate of drug-likeness (QED) is 0.803. The number of carbonyl (C=O) groups is 3. The molecule has 3 heterocycles. The fraction of sp³-hybridized carbons (Fsp3) is 0.300. The summed E-state index contributed by atoms with van der Waals surface area (Å²) in [6, 6.07) is 7.61. The van der Waals surface area contributed by atoms with Gasteiger partial charge in [-0.2, -0.15) is 0 Å². The number of rotatable bonds is 5. The number of pyridine rings is 1. The topological polar surface area (TPSA) is 115 Å². The number of ether oxygens (including phenoxy) is 2. The summed E-state index contributed by atoms with van der Waals surface area (Å²) in [6.45, 7) is 2.39. The molecule has 2 saturated heterocycles. The van der Waals surface area contributed by atoms with Crippen LogP contribution < -0.4 is 15.5 Å². The van der Waals surface area contributed by atoms with Crippen LogP contribution in [0.2, 0.25) is 0 Å². The molecular formula is C20H19FN4O5. The Kier molecular flexibility index (Phi) is 4.98. The number of aromatic nitrogens is 1. The zero-order valence-electron chi connectivity index (χ0n) is 16.1. The van der Waals surface area contributed by atoms with Gasteiger partial charge in [0.1, 0.15) is 24.3 Å². The first kappa shape index (κ1) is 19.6. The first-order chi connectivity index (χ1) is 14.3. The van der Waals surface area contributed by atoms with E-state index >= 15 is 0 Å². The van der Waals surface area contributed by atoms with Gasteiger partial charge in [-0.15, -0.1) is 0 Å². The lowest BCUT2D eigenvalue weighted by molar-refractivity contribution is -0.123. The van der Waals surface area contributed by atoms with Gasteiger partial charge in [0.2, 0.25) is 5.91 Å². The predicted octanol–water partition coefficient (Wildman–Crippen LogP) is 2.29. The molecule has 2 aliphatic heterocycles. The van der Waals surface area contributed by atoms with Crippen molar-refractivity contribution in [3.8, 4) is 11.1 Å². The minimum absolute atomic E-state index is 0.101. The Morgan fingerprint density at radius 2 is 2.03 bits per heavy atom. The number of amides is 3. The van der Waals surface area contributed by atoms with Crippen LogP contribution in [-0.2, 0) is 14.3 Å². The SMILES string of the molecule is C[C@H](C(N)=O)C1CN(c2ccc(-c3ccc(N4CCOC4=O)nc3)c(F)c2)C(=O)O1. The molecule has 9 nitrogen and oxygen atoms in total. The van der Waals surface area contributed by atoms with Crippen LogP contribution in [0.5, 0.6) is 0 Å². The van der Waals surface area contributed by atoms with Crippen LogP contribution in [0.1, 0.15) is 6.92 Å². The van der Waals surface area contributed by atoms with Crippen LogP contribution in [0.25, 0.3) is 11.1 Å². The number of hydrogen-bond acceptors (Lipinski definition) is 6. The molecule has 1 unspecified atom stereocenters. The second kappa shape index (κ2) is 7.62. The zero-order chi connectivity index (χ0) is 21.4. The lowest BCUT2D eigenvalue weighted by Gasteiger charge is -2.16. The highest BCUT2D eigenvalue weighted by atomic mass is 19.1. The normalized spacial score (nSPS) is 19.6. The third-order valence-electron chi connectivity index (χ3n) is 5.20. The van der Waals surface area contributed by atoms with Gasteiger partial charge in [0.05, 0.1) is 24.7 Å². The van der Waals surface area contributed by atoms with Crippen LogP contribution in [0, 0.1) is 11.7 Å². The summed E-state index contributed by atoms with van der Waals surface area (Å²) in [5.41, 5.74) is 6.38. The van der Waals surface area contributed by atoms with Gasteiger partial charge in [-0.05, 0) is 37.3 Å². The Morgan fingerprint density at radius 1 is 1.23 bits per heavy atom. The summed E-state index contributed by atoms with van der Waals surface area (Å²) in [5.74, 6) is -1.36. The minimum Gasteiger partial charge on any atom is -0.447 e. The van der Waals surface area contributed by atoms with E-state index in [1.165, 1.54) is 28.1 Å². The standard InChI is InChI=1S/C20H19FN4O5/c1-11(18(22)26)16-10-25(20(28)30-16)13-3-4-14(15(21)8-13)12-2-5-17(23-9-12)24-6-7-29-19(24)27/h2-5,8-9,11,16H,6-7,10H2,1H3,(H2,22,26)/t11-,16?/m0/s1. The van der Waals surface area contributed by atoms with Crippen LogP contribution >= 0.6 is 0 Å². The van der Waals surface area contributed by atoms with E-state index in [1.807, 2.05) is 0 Å². The molecule has 4 rings (SSSR count). The van der Waals surface area contributed by atoms with Gasteiger partial charge in [-0.25, -0.2) is 19.0 Å². The predicted molar refractivity (Wildman–Crippen MR) is 104 cm³/mol. The monoisotopic (exact) mass is 414 g/mol. The number of benzene rings is 1. The number of cyclic esters (lactones) is 2. The van der Waals surface area contributed by atoms with Gasteiger partial charge in [-0.3, -0.25) is 14.6 Å². The molecule has 0 saturated carbocycles. The van der Waals surface area contributed by atoms with Gasteiger partial charge in [0.25, 0.3) is 0 Å². The number of primary amides is 1. The molecule has 1 aromatic heterocycles. The molecule has 1 aromatic carbocycles. The van der Waals surface area contributed by atoms with E-state index in [0.717, 1.165) is 0 Å². The number of halogens is 1. The third kappa shape index (κ3) is 3.51. The van der Waals surface area contributed by atoms with E-state index in [4.69, 9.17) is 15.2 Å². The largest absolute Gasteiger partial charge is 0.447 e. The van der Waals surface area contributed by atoms with Crippen molar-refractivity contribution in [3.05, 3.63) is 42.3 Å². The molecule has 0 radical (unpaired) electrons. The van der Waals surface area contributed by atoms with Gasteiger partial charge in [0.15, 0.2) is 0 Å². The van der Waals surface area contributed by atoms with Crippen molar-refractivity contribution in [2.24, 2.45) is 11.7 Å². The maximum atomic E-state index is 14.8. The Balaban J connectivity index is 1.53. The van der Waals surface area contributed by atoms with Crippen LogP contribution in [0.3, 0.4) is 0 Å². The Bertz CT molecular complexity index is 1010. The highest BCUT2D eigenvalue weighted by Gasteiger charge is 2.38. The smallest absolute Gasteiger partial charge is 0.415 e. The molecule has 2 aromatic rings. The third-order valence-corrected chi connectivity index (χ3v) is 5.20. The van der Waals surface area contributed by atoms with Crippen molar-refractivity contribution in [3.63, 3.8) is 0 Å². The average molecular weight is 414 g/mol. The molecule has 10 heteroatoms. The van der Waals surface area contributed by atoms with Crippen molar-refractivity contribution in [1.82, 2.24) is 4.98 Å². The summed E-state index contributed by atoms with van der Waals surface area (Å²) in [7, 11) is 0. The Hall–Kier alpha value is -3.69. The number of carbonyl (C=O) groups excluding carboxylic acids is 3. The Morgan fingerprint density at radius 3 is 2.63 bits per heavy atom. The molecular weight excluding hydrogens is 395 g/mol. The second-order valence-corrected chi connectivity index (χ2v) is 7.06. The van der Waals surface area contributed by atoms with Crippen molar-refractivity contribution in [2.75, 3.05) is 29.5 Å². The van der Waals surface area contributed by atoms with Gasteiger partial charge >= 0.3 is 12.2 Å². The number of nitrogens with two attached hydrogens (primary N) is 1. The van der Waals surface area contributed by atoms with Crippen molar-refractivity contribution in [1.29, 1.82) is 0 Å². The maximum Gasteiger partial charge on any atom is 0.415 e. The van der Waals surface area contributed by atoms with Crippen LogP contribution in [0.4, 0.5) is 25.5 Å². The number of anilines is 2. The van der Waals surface area contributed by atoms with E-state index in [1.54, 1.807) is 25.1 Å². The average Bonchev–Trinajstić information content (AvgIpc) is 3.33. The summed E-state index contributed by atoms with van der Waals surface area (Å²) < 4.78 is 24.9. The fourth-order valence-electron chi connectivity index (χ4n) is 3.35. The van der Waals surface area contributed by atoms with Gasteiger partial charge in [0, 0.05) is 17.3 Å². The molecule has 0 aliphatic carbocycles. The highest BCUT2D eigenvalue weighted by molar-refractivity contribution is 5.91. The van der Waals surface area contributed by atoms with E-state index in [9.17, 15) is 18.8 Å². The van der Waals surface area contributed by atoms with E-state index in [0.29, 0.717) is 30.2 Å². The summed E-state index contributed by atoms with van der Waals surface area (Å²) in [6.07, 6.45) is -0.351. The van der Waals surface area contributed by atoms with Gasteiger partial charge < -0.3 is 15.2 Å². The van der Waals surface area contributed by atoms with Gasteiger partial charge in [-0.1, -0.05) is 0 Å². The van der Waals surface area contributed by atoms with Crippen molar-refractivity contribution in [2.45, 2.75) is 13.0 Å².